The van der Waals surface area contributed by atoms with Crippen molar-refractivity contribution in [2.24, 2.45) is 5.92 Å². The average molecular weight is 570 g/mol. The quantitative estimate of drug-likeness (QED) is 0.145. The van der Waals surface area contributed by atoms with Gasteiger partial charge in [0, 0.05) is 18.7 Å². The number of amides is 3. The lowest BCUT2D eigenvalue weighted by molar-refractivity contribution is -0.143. The summed E-state index contributed by atoms with van der Waals surface area (Å²) < 4.78 is 5.50. The largest absolute Gasteiger partial charge is 0.444 e. The van der Waals surface area contributed by atoms with Crippen molar-refractivity contribution in [1.29, 1.82) is 0 Å². The molecule has 1 aromatic carbocycles. The number of carbonyl (C=O) groups excluding carboxylic acids is 3. The molecule has 0 aliphatic heterocycles. The van der Waals surface area contributed by atoms with Crippen molar-refractivity contribution < 1.29 is 19.1 Å². The number of unbranched alkanes of at least 4 members (excludes halogenated alkanes) is 7. The van der Waals surface area contributed by atoms with Gasteiger partial charge in [0.2, 0.25) is 11.8 Å². The molecule has 7 nitrogen and oxygen atoms in total. The van der Waals surface area contributed by atoms with Gasteiger partial charge in [-0.15, -0.1) is 6.42 Å². The van der Waals surface area contributed by atoms with E-state index in [4.69, 9.17) is 11.2 Å². The molecule has 0 spiro atoms. The van der Waals surface area contributed by atoms with Gasteiger partial charge in [-0.05, 0) is 57.2 Å². The van der Waals surface area contributed by atoms with Crippen LogP contribution in [0.15, 0.2) is 24.3 Å². The highest BCUT2D eigenvalue weighted by Gasteiger charge is 2.37. The van der Waals surface area contributed by atoms with Gasteiger partial charge < -0.3 is 20.3 Å². The zero-order valence-corrected chi connectivity index (χ0v) is 26.7. The summed E-state index contributed by atoms with van der Waals surface area (Å²) in [5.74, 6) is 1.94. The first-order valence-corrected chi connectivity index (χ1v) is 15.6. The molecule has 0 aromatic heterocycles. The molecule has 7 heteroatoms. The third-order valence-corrected chi connectivity index (χ3v) is 7.22. The van der Waals surface area contributed by atoms with Crippen LogP contribution in [0.2, 0.25) is 0 Å². The summed E-state index contributed by atoms with van der Waals surface area (Å²) in [5, 5.41) is 5.90. The Morgan fingerprint density at radius 3 is 2.07 bits per heavy atom. The maximum Gasteiger partial charge on any atom is 0.408 e. The van der Waals surface area contributed by atoms with Crippen LogP contribution < -0.4 is 10.6 Å². The van der Waals surface area contributed by atoms with E-state index in [0.29, 0.717) is 30.6 Å². The van der Waals surface area contributed by atoms with E-state index in [1.807, 2.05) is 26.0 Å². The highest BCUT2D eigenvalue weighted by Crippen LogP contribution is 2.26. The molecule has 0 saturated heterocycles. The molecule has 3 unspecified atom stereocenters. The van der Waals surface area contributed by atoms with Crippen molar-refractivity contribution in [3.8, 4) is 12.3 Å². The Labute approximate surface area is 249 Å². The molecule has 230 valence electrons. The fourth-order valence-electron chi connectivity index (χ4n) is 4.64. The van der Waals surface area contributed by atoms with Crippen molar-refractivity contribution in [3.05, 3.63) is 35.4 Å². The molecule has 41 heavy (non-hydrogen) atoms. The van der Waals surface area contributed by atoms with Gasteiger partial charge in [-0.1, -0.05) is 97.1 Å². The summed E-state index contributed by atoms with van der Waals surface area (Å²) in [6.45, 7) is 14.5. The van der Waals surface area contributed by atoms with Gasteiger partial charge in [0.1, 0.15) is 17.7 Å². The first-order chi connectivity index (χ1) is 19.5. The number of benzene rings is 1. The molecular weight excluding hydrogens is 514 g/mol. The van der Waals surface area contributed by atoms with Crippen LogP contribution in [0.5, 0.6) is 0 Å². The highest BCUT2D eigenvalue weighted by molar-refractivity contribution is 5.92. The normalized spacial score (nSPS) is 13.4. The molecule has 0 aliphatic carbocycles. The van der Waals surface area contributed by atoms with Gasteiger partial charge in [-0.2, -0.15) is 0 Å². The Balaban J connectivity index is 3.46. The average Bonchev–Trinajstić information content (AvgIpc) is 2.93. The van der Waals surface area contributed by atoms with Gasteiger partial charge in [0.15, 0.2) is 0 Å². The first kappa shape index (κ1) is 36.0. The number of hydrogen-bond donors (Lipinski definition) is 2. The smallest absolute Gasteiger partial charge is 0.408 e. The summed E-state index contributed by atoms with van der Waals surface area (Å²) in [6, 6.07) is 5.56. The zero-order chi connectivity index (χ0) is 30.8. The number of ether oxygens (including phenoxy) is 1. The van der Waals surface area contributed by atoms with Crippen LogP contribution in [-0.2, 0) is 14.3 Å². The SMILES string of the molecule is C#Cc1ccc(C(C(=O)NCCCCC)N(CCCCCCCC)C(=O)C(NC(=O)OC(C)(C)C)C(C)CC)cc1. The zero-order valence-electron chi connectivity index (χ0n) is 26.7. The molecule has 2 N–H and O–H groups in total. The Morgan fingerprint density at radius 1 is 0.927 bits per heavy atom. The summed E-state index contributed by atoms with van der Waals surface area (Å²) in [7, 11) is 0. The topological polar surface area (TPSA) is 87.7 Å². The fraction of sp³-hybridized carbons (Fsp3) is 0.676. The molecular formula is C34H55N3O4. The van der Waals surface area contributed by atoms with Crippen LogP contribution >= 0.6 is 0 Å². The lowest BCUT2D eigenvalue weighted by Gasteiger charge is -2.36. The molecule has 0 radical (unpaired) electrons. The van der Waals surface area contributed by atoms with E-state index in [0.717, 1.165) is 51.4 Å². The second-order valence-corrected chi connectivity index (χ2v) is 12.0. The van der Waals surface area contributed by atoms with E-state index < -0.39 is 23.8 Å². The summed E-state index contributed by atoms with van der Waals surface area (Å²) >= 11 is 0. The van der Waals surface area contributed by atoms with Gasteiger partial charge >= 0.3 is 6.09 Å². The fourth-order valence-corrected chi connectivity index (χ4v) is 4.64. The second kappa shape index (κ2) is 19.2. The predicted octanol–water partition coefficient (Wildman–Crippen LogP) is 7.14. The van der Waals surface area contributed by atoms with Crippen LogP contribution in [-0.4, -0.2) is 47.5 Å². The predicted molar refractivity (Wildman–Crippen MR) is 167 cm³/mol. The monoisotopic (exact) mass is 569 g/mol. The molecule has 0 bridgehead atoms. The summed E-state index contributed by atoms with van der Waals surface area (Å²) in [5.41, 5.74) is 0.690. The third-order valence-electron chi connectivity index (χ3n) is 7.22. The maximum absolute atomic E-state index is 14.4. The molecule has 0 saturated carbocycles. The van der Waals surface area contributed by atoms with E-state index >= 15 is 0 Å². The number of terminal acetylenes is 1. The van der Waals surface area contributed by atoms with Gasteiger partial charge in [-0.25, -0.2) is 4.79 Å². The second-order valence-electron chi connectivity index (χ2n) is 12.0. The van der Waals surface area contributed by atoms with Crippen molar-refractivity contribution in [1.82, 2.24) is 15.5 Å². The van der Waals surface area contributed by atoms with E-state index in [1.165, 1.54) is 6.42 Å². The molecule has 1 aromatic rings. The van der Waals surface area contributed by atoms with Crippen LogP contribution in [0.4, 0.5) is 4.79 Å². The number of hydrogen-bond acceptors (Lipinski definition) is 4. The molecule has 3 atom stereocenters. The van der Waals surface area contributed by atoms with Crippen LogP contribution in [0.25, 0.3) is 0 Å². The van der Waals surface area contributed by atoms with Crippen molar-refractivity contribution in [3.63, 3.8) is 0 Å². The number of alkyl carbamates (subject to hydrolysis) is 1. The van der Waals surface area contributed by atoms with Crippen molar-refractivity contribution in [2.75, 3.05) is 13.1 Å². The number of carbonyl (C=O) groups is 3. The number of nitrogens with zero attached hydrogens (tertiary/aromatic N) is 1. The Morgan fingerprint density at radius 2 is 1.51 bits per heavy atom. The number of rotatable bonds is 18. The van der Waals surface area contributed by atoms with Gasteiger partial charge in [0.05, 0.1) is 0 Å². The van der Waals surface area contributed by atoms with E-state index in [-0.39, 0.29) is 17.7 Å². The lowest BCUT2D eigenvalue weighted by atomic mass is 9.95. The minimum atomic E-state index is -0.849. The van der Waals surface area contributed by atoms with E-state index in [2.05, 4.69) is 30.4 Å². The summed E-state index contributed by atoms with van der Waals surface area (Å²) in [4.78, 5) is 42.7. The van der Waals surface area contributed by atoms with Crippen molar-refractivity contribution >= 4 is 17.9 Å². The first-order valence-electron chi connectivity index (χ1n) is 15.6. The van der Waals surface area contributed by atoms with Crippen LogP contribution in [0, 0.1) is 18.3 Å². The minimum Gasteiger partial charge on any atom is -0.444 e. The molecule has 1 rings (SSSR count). The maximum atomic E-state index is 14.4. The highest BCUT2D eigenvalue weighted by atomic mass is 16.6. The van der Waals surface area contributed by atoms with E-state index in [9.17, 15) is 14.4 Å². The lowest BCUT2D eigenvalue weighted by Crippen LogP contribution is -2.55. The molecule has 0 aliphatic rings. The minimum absolute atomic E-state index is 0.167. The third kappa shape index (κ3) is 13.5. The molecule has 0 heterocycles. The molecule has 0 fully saturated rings. The standard InChI is InChI=1S/C34H55N3O4/c1-9-13-15-16-17-19-25-37(32(39)29(26(5)11-3)36-33(40)41-34(6,7)8)30(31(38)35-24-18-14-10-2)28-22-20-27(12-4)21-23-28/h4,20-23,26,29-30H,9-11,13-19,24-25H2,1-3,5-8H3,(H,35,38)(H,36,40). The van der Waals surface area contributed by atoms with Gasteiger partial charge in [-0.3, -0.25) is 9.59 Å². The van der Waals surface area contributed by atoms with E-state index in [1.54, 1.807) is 37.8 Å². The Bertz CT molecular complexity index is 962. The van der Waals surface area contributed by atoms with Gasteiger partial charge in [0.25, 0.3) is 0 Å². The van der Waals surface area contributed by atoms with Crippen LogP contribution in [0.1, 0.15) is 130 Å². The van der Waals surface area contributed by atoms with Crippen molar-refractivity contribution in [2.45, 2.75) is 130 Å². The molecule has 3 amide bonds. The summed E-state index contributed by atoms with van der Waals surface area (Å²) in [6.07, 6.45) is 14.8. The number of nitrogens with one attached hydrogen (secondary N) is 2. The Kier molecular flexibility index (Phi) is 16.8. The van der Waals surface area contributed by atoms with Crippen LogP contribution in [0.3, 0.4) is 0 Å². The Hall–Kier alpha value is -3.01.